The summed E-state index contributed by atoms with van der Waals surface area (Å²) >= 11 is 0. The molecule has 0 heteroatoms. The van der Waals surface area contributed by atoms with Crippen LogP contribution in [-0.2, 0) is 0 Å². The van der Waals surface area contributed by atoms with Gasteiger partial charge in [0.25, 0.3) is 0 Å². The van der Waals surface area contributed by atoms with Gasteiger partial charge in [0.05, 0.1) is 0 Å². The molecule has 0 fully saturated rings. The molecule has 0 aromatic heterocycles. The first-order chi connectivity index (χ1) is 4.68. The van der Waals surface area contributed by atoms with Crippen LogP contribution in [0.15, 0.2) is 12.2 Å². The van der Waals surface area contributed by atoms with Crippen molar-refractivity contribution < 1.29 is 0 Å². The summed E-state index contributed by atoms with van der Waals surface area (Å²) in [6, 6.07) is 0. The van der Waals surface area contributed by atoms with E-state index in [1.165, 1.54) is 6.42 Å². The molecular weight excluding hydrogens is 120 g/mol. The molecule has 0 aromatic rings. The van der Waals surface area contributed by atoms with E-state index in [-0.39, 0.29) is 0 Å². The van der Waals surface area contributed by atoms with Crippen molar-refractivity contribution in [1.29, 1.82) is 0 Å². The van der Waals surface area contributed by atoms with Crippen molar-refractivity contribution in [3.63, 3.8) is 0 Å². The van der Waals surface area contributed by atoms with Gasteiger partial charge in [-0.1, -0.05) is 53.2 Å². The largest absolute Gasteiger partial charge is 0.0886 e. The Bertz CT molecular complexity index is 60.4. The Labute approximate surface area is 66.3 Å². The van der Waals surface area contributed by atoms with E-state index in [2.05, 4.69) is 46.8 Å². The highest BCUT2D eigenvalue weighted by Crippen LogP contribution is 1.93. The molecule has 0 N–H and O–H groups in total. The zero-order valence-electron chi connectivity index (χ0n) is 8.15. The summed E-state index contributed by atoms with van der Waals surface area (Å²) in [6.07, 6.45) is 6.84. The van der Waals surface area contributed by atoms with Gasteiger partial charge in [0, 0.05) is 0 Å². The summed E-state index contributed by atoms with van der Waals surface area (Å²) in [4.78, 5) is 0. The zero-order valence-corrected chi connectivity index (χ0v) is 8.15. The number of hydrogen-bond donors (Lipinski definition) is 0. The Morgan fingerprint density at radius 1 is 1.10 bits per heavy atom. The topological polar surface area (TPSA) is 0 Å². The van der Waals surface area contributed by atoms with Crippen LogP contribution in [0.4, 0.5) is 0 Å². The summed E-state index contributed by atoms with van der Waals surface area (Å²) in [5.74, 6) is 0.722. The van der Waals surface area contributed by atoms with Gasteiger partial charge in [-0.3, -0.25) is 0 Å². The molecule has 0 nitrogen and oxygen atoms in total. The lowest BCUT2D eigenvalue weighted by atomic mass is 10.2. The summed E-state index contributed by atoms with van der Waals surface area (Å²) in [5.41, 5.74) is 0. The fourth-order valence-electron chi connectivity index (χ4n) is 0.408. The molecule has 0 heterocycles. The van der Waals surface area contributed by atoms with E-state index in [4.69, 9.17) is 0 Å². The Balaban J connectivity index is 0. The smallest absolute Gasteiger partial charge is 0.0290 e. The van der Waals surface area contributed by atoms with Gasteiger partial charge in [-0.15, -0.1) is 0 Å². The maximum absolute atomic E-state index is 2.22. The minimum absolute atomic E-state index is 0.722. The monoisotopic (exact) mass is 142 g/mol. The second kappa shape index (κ2) is 11.5. The Hall–Kier alpha value is -0.260. The van der Waals surface area contributed by atoms with E-state index in [1.807, 2.05) is 0 Å². The second-order valence-corrected chi connectivity index (χ2v) is 2.79. The van der Waals surface area contributed by atoms with Crippen LogP contribution in [0.5, 0.6) is 0 Å². The molecule has 0 radical (unpaired) electrons. The lowest BCUT2D eigenvalue weighted by molar-refractivity contribution is 0.826. The number of rotatable bonds is 2. The Kier molecular flexibility index (Phi) is 14.3. The van der Waals surface area contributed by atoms with Gasteiger partial charge >= 0.3 is 0 Å². The maximum Gasteiger partial charge on any atom is -0.0290 e. The Morgan fingerprint density at radius 2 is 1.50 bits per heavy atom. The summed E-state index contributed by atoms with van der Waals surface area (Å²) in [5, 5.41) is 0. The van der Waals surface area contributed by atoms with Crippen molar-refractivity contribution in [1.82, 2.24) is 0 Å². The van der Waals surface area contributed by atoms with E-state index in [0.717, 1.165) is 12.3 Å². The summed E-state index contributed by atoms with van der Waals surface area (Å²) in [7, 11) is 0. The number of allylic oxidation sites excluding steroid dienone is 2. The van der Waals surface area contributed by atoms with Crippen molar-refractivity contribution in [3.8, 4) is 0 Å². The van der Waals surface area contributed by atoms with Gasteiger partial charge in [-0.25, -0.2) is 0 Å². The molecule has 0 aliphatic carbocycles. The van der Waals surface area contributed by atoms with Crippen LogP contribution >= 0.6 is 0 Å². The summed E-state index contributed by atoms with van der Waals surface area (Å²) < 4.78 is 0. The van der Waals surface area contributed by atoms with Crippen LogP contribution in [0.25, 0.3) is 0 Å². The first-order valence-corrected chi connectivity index (χ1v) is 4.35. The first-order valence-electron chi connectivity index (χ1n) is 4.35. The second-order valence-electron chi connectivity index (χ2n) is 2.79. The lowest BCUT2D eigenvalue weighted by Gasteiger charge is -1.88. The molecule has 0 aliphatic rings. The van der Waals surface area contributed by atoms with Gasteiger partial charge in [0.15, 0.2) is 0 Å². The van der Waals surface area contributed by atoms with Crippen LogP contribution in [0.3, 0.4) is 0 Å². The zero-order chi connectivity index (χ0) is 8.41. The van der Waals surface area contributed by atoms with Gasteiger partial charge in [0.2, 0.25) is 0 Å². The van der Waals surface area contributed by atoms with Crippen LogP contribution < -0.4 is 0 Å². The highest BCUT2D eigenvalue weighted by atomic mass is 13.8. The van der Waals surface area contributed by atoms with Crippen molar-refractivity contribution in [2.24, 2.45) is 5.92 Å². The molecule has 0 rings (SSSR count). The van der Waals surface area contributed by atoms with Gasteiger partial charge < -0.3 is 0 Å². The SMILES string of the molecule is CC/C=C\C(C)C.CCC. The third-order valence-corrected chi connectivity index (χ3v) is 0.757. The number of hydrogen-bond acceptors (Lipinski definition) is 0. The van der Waals surface area contributed by atoms with Crippen LogP contribution in [-0.4, -0.2) is 0 Å². The van der Waals surface area contributed by atoms with Gasteiger partial charge in [0.1, 0.15) is 0 Å². The quantitative estimate of drug-likeness (QED) is 0.511. The normalized spacial score (nSPS) is 9.80. The minimum Gasteiger partial charge on any atom is -0.0886 e. The molecular formula is C10H22. The molecule has 0 saturated carbocycles. The molecule has 0 amide bonds. The van der Waals surface area contributed by atoms with Crippen LogP contribution in [0, 0.1) is 5.92 Å². The van der Waals surface area contributed by atoms with Crippen LogP contribution in [0.2, 0.25) is 0 Å². The molecule has 0 aromatic carbocycles. The lowest BCUT2D eigenvalue weighted by Crippen LogP contribution is -1.74. The van der Waals surface area contributed by atoms with Crippen molar-refractivity contribution in [2.75, 3.05) is 0 Å². The van der Waals surface area contributed by atoms with Crippen LogP contribution in [0.1, 0.15) is 47.5 Å². The van der Waals surface area contributed by atoms with Crippen molar-refractivity contribution in [2.45, 2.75) is 47.5 Å². The molecule has 10 heavy (non-hydrogen) atoms. The molecule has 62 valence electrons. The van der Waals surface area contributed by atoms with E-state index in [0.29, 0.717) is 0 Å². The predicted octanol–water partition coefficient (Wildman–Crippen LogP) is 4.02. The maximum atomic E-state index is 2.22. The molecule has 0 bridgehead atoms. The van der Waals surface area contributed by atoms with Crippen molar-refractivity contribution >= 4 is 0 Å². The Morgan fingerprint density at radius 3 is 1.60 bits per heavy atom. The van der Waals surface area contributed by atoms with E-state index >= 15 is 0 Å². The first kappa shape index (κ1) is 12.4. The highest BCUT2D eigenvalue weighted by molar-refractivity contribution is 4.82. The fourth-order valence-corrected chi connectivity index (χ4v) is 0.408. The molecule has 0 aliphatic heterocycles. The third-order valence-electron chi connectivity index (χ3n) is 0.757. The molecule has 0 saturated heterocycles. The third kappa shape index (κ3) is 25.1. The standard InChI is InChI=1S/C7H14.C3H8/c1-4-5-6-7(2)3;1-3-2/h5-7H,4H2,1-3H3;3H2,1-2H3/b6-5-;. The average molecular weight is 142 g/mol. The van der Waals surface area contributed by atoms with E-state index in [9.17, 15) is 0 Å². The minimum atomic E-state index is 0.722. The van der Waals surface area contributed by atoms with Crippen molar-refractivity contribution in [3.05, 3.63) is 12.2 Å². The molecule has 0 unspecified atom stereocenters. The van der Waals surface area contributed by atoms with E-state index < -0.39 is 0 Å². The predicted molar refractivity (Wildman–Crippen MR) is 50.2 cm³/mol. The molecule has 0 spiro atoms. The summed E-state index contributed by atoms with van der Waals surface area (Å²) in [6.45, 7) is 10.8. The van der Waals surface area contributed by atoms with Gasteiger partial charge in [-0.05, 0) is 12.3 Å². The fraction of sp³-hybridized carbons (Fsp3) is 0.800. The van der Waals surface area contributed by atoms with Gasteiger partial charge in [-0.2, -0.15) is 0 Å². The molecule has 0 atom stereocenters. The van der Waals surface area contributed by atoms with E-state index in [1.54, 1.807) is 0 Å². The highest BCUT2D eigenvalue weighted by Gasteiger charge is 1.78. The average Bonchev–Trinajstić information content (AvgIpc) is 1.85.